The van der Waals surface area contributed by atoms with Gasteiger partial charge in [0.1, 0.15) is 28.7 Å². The quantitative estimate of drug-likeness (QED) is 0.0165. The molecule has 2 atom stereocenters. The van der Waals surface area contributed by atoms with Gasteiger partial charge in [0, 0.05) is 28.2 Å². The molecular formula is C27H24N10O10S3. The molecule has 20 nitrogen and oxygen atoms in total. The molecule has 0 radical (unpaired) electrons. The number of β-lactam (4-membered cyclic amide) rings is 1. The normalized spacial score (nSPS) is 17.3. The molecule has 1 fully saturated rings. The molecule has 3 amide bonds. The molecule has 1 saturated heterocycles. The lowest BCUT2D eigenvalue weighted by molar-refractivity contribution is -0.148. The number of hydrogen-bond acceptors (Lipinski definition) is 18. The summed E-state index contributed by atoms with van der Waals surface area (Å²) in [7, 11) is 0. The van der Waals surface area contributed by atoms with Crippen LogP contribution in [0.4, 0.5) is 9.93 Å². The number of rotatable bonds is 11. The summed E-state index contributed by atoms with van der Waals surface area (Å²) in [6, 6.07) is 4.56. The Morgan fingerprint density at radius 1 is 1.18 bits per heavy atom. The third kappa shape index (κ3) is 6.91. The molecule has 0 saturated carbocycles. The van der Waals surface area contributed by atoms with E-state index in [0.29, 0.717) is 21.9 Å². The zero-order chi connectivity index (χ0) is 35.7. The van der Waals surface area contributed by atoms with E-state index in [1.54, 1.807) is 13.0 Å². The summed E-state index contributed by atoms with van der Waals surface area (Å²) in [4.78, 5) is 69.2. The van der Waals surface area contributed by atoms with Crippen LogP contribution < -0.4 is 16.5 Å². The molecule has 5 heterocycles. The summed E-state index contributed by atoms with van der Waals surface area (Å²) < 4.78 is 6.36. The van der Waals surface area contributed by atoms with Gasteiger partial charge in [-0.1, -0.05) is 11.2 Å². The van der Waals surface area contributed by atoms with Gasteiger partial charge < -0.3 is 35.9 Å². The molecular weight excluding hydrogens is 721 g/mol. The number of carboxylic acid groups (broad SMARTS) is 1. The highest BCUT2D eigenvalue weighted by atomic mass is 32.2. The van der Waals surface area contributed by atoms with Crippen LogP contribution in [0.5, 0.6) is 11.5 Å². The van der Waals surface area contributed by atoms with Crippen molar-refractivity contribution in [1.29, 1.82) is 0 Å². The first-order valence-corrected chi connectivity index (χ1v) is 17.0. The number of carbonyl (C=O) groups is 4. The van der Waals surface area contributed by atoms with E-state index in [4.69, 9.17) is 20.5 Å². The third-order valence-corrected chi connectivity index (χ3v) is 10.1. The van der Waals surface area contributed by atoms with Crippen molar-refractivity contribution in [2.45, 2.75) is 30.0 Å². The van der Waals surface area contributed by atoms with Gasteiger partial charge in [0.15, 0.2) is 22.3 Å². The first-order chi connectivity index (χ1) is 23.9. The molecule has 8 N–H and O–H groups in total. The first kappa shape index (κ1) is 34.2. The molecule has 0 unspecified atom stereocenters. The minimum Gasteiger partial charge on any atom is -0.504 e. The molecule has 2 aliphatic rings. The minimum absolute atomic E-state index is 0.0736. The maximum absolute atomic E-state index is 13.4. The van der Waals surface area contributed by atoms with Crippen molar-refractivity contribution in [1.82, 2.24) is 40.3 Å². The van der Waals surface area contributed by atoms with Crippen molar-refractivity contribution < 1.29 is 49.3 Å². The van der Waals surface area contributed by atoms with E-state index in [2.05, 4.69) is 30.5 Å². The highest BCUT2D eigenvalue weighted by Crippen LogP contribution is 2.42. The largest absolute Gasteiger partial charge is 0.512 e. The number of nitrogen functional groups attached to an aromatic ring is 1. The molecule has 6 rings (SSSR count). The molecule has 260 valence electrons. The van der Waals surface area contributed by atoms with Crippen LogP contribution in [0.15, 0.2) is 51.3 Å². The van der Waals surface area contributed by atoms with Gasteiger partial charge in [0.25, 0.3) is 17.6 Å². The summed E-state index contributed by atoms with van der Waals surface area (Å²) >= 11 is 3.49. The van der Waals surface area contributed by atoms with E-state index in [1.807, 2.05) is 0 Å². The number of anilines is 1. The second kappa shape index (κ2) is 14.1. The average Bonchev–Trinajstić information content (AvgIpc) is 3.71. The van der Waals surface area contributed by atoms with E-state index in [0.717, 1.165) is 16.2 Å². The van der Waals surface area contributed by atoms with Crippen LogP contribution in [-0.2, 0) is 25.8 Å². The summed E-state index contributed by atoms with van der Waals surface area (Å²) in [6.07, 6.45) is -1.65. The predicted octanol–water partition coefficient (Wildman–Crippen LogP) is 1.02. The number of fused-ring (bicyclic) bond motifs is 2. The topological polar surface area (TPSA) is 289 Å². The van der Waals surface area contributed by atoms with Crippen LogP contribution in [0.3, 0.4) is 0 Å². The Labute approximate surface area is 291 Å². The average molecular weight is 745 g/mol. The fourth-order valence-electron chi connectivity index (χ4n) is 4.71. The van der Waals surface area contributed by atoms with Gasteiger partial charge in [-0.05, 0) is 30.7 Å². The van der Waals surface area contributed by atoms with Crippen molar-refractivity contribution >= 4 is 75.4 Å². The Hall–Kier alpha value is -5.65. The van der Waals surface area contributed by atoms with Gasteiger partial charge >= 0.3 is 12.1 Å². The third-order valence-electron chi connectivity index (χ3n) is 6.98. The number of hydrogen-bond donors (Lipinski definition) is 7. The highest BCUT2D eigenvalue weighted by molar-refractivity contribution is 8.01. The lowest BCUT2D eigenvalue weighted by Gasteiger charge is -2.49. The molecule has 0 bridgehead atoms. The summed E-state index contributed by atoms with van der Waals surface area (Å²) in [6.45, 7) is 1.50. The number of aryl methyl sites for hydroxylation is 1. The maximum Gasteiger partial charge on any atom is 0.512 e. The monoisotopic (exact) mass is 744 g/mol. The highest BCUT2D eigenvalue weighted by Gasteiger charge is 2.54. The first-order valence-electron chi connectivity index (χ1n) is 14.1. The lowest BCUT2D eigenvalue weighted by atomic mass is 10.1. The van der Waals surface area contributed by atoms with Gasteiger partial charge in [-0.2, -0.15) is 9.50 Å². The maximum atomic E-state index is 13.4. The van der Waals surface area contributed by atoms with Crippen molar-refractivity contribution in [3.8, 4) is 11.5 Å². The van der Waals surface area contributed by atoms with Gasteiger partial charge in [0.2, 0.25) is 11.7 Å². The number of phenolic OH excluding ortho intramolecular Hbond substituents is 2. The predicted molar refractivity (Wildman–Crippen MR) is 174 cm³/mol. The summed E-state index contributed by atoms with van der Waals surface area (Å²) in [5.74, 6) is -3.21. The van der Waals surface area contributed by atoms with E-state index in [1.165, 1.54) is 57.1 Å². The number of ether oxygens (including phenoxy) is 1. The number of nitrogens with zero attached hydrogens (tertiary/aromatic N) is 7. The molecule has 2 aliphatic heterocycles. The molecule has 1 aromatic carbocycles. The number of amides is 3. The Kier molecular flexibility index (Phi) is 9.63. The van der Waals surface area contributed by atoms with Gasteiger partial charge in [-0.25, -0.2) is 20.2 Å². The fraction of sp³-hybridized carbons (Fsp3) is 0.222. The van der Waals surface area contributed by atoms with Crippen LogP contribution in [0.2, 0.25) is 0 Å². The number of thiazole rings is 1. The SMILES string of the molecule is Cc1cc(SCC2=C(OC(=O)O)N3C(=O)[C@@H](NC(=O)/C(=N\OCc4ccc(O)c(O)c4)c4csc(N)n4)[C@H]3SC2)n2nc(C(=O)NO)nc2n1. The Morgan fingerprint density at radius 2 is 1.98 bits per heavy atom. The lowest BCUT2D eigenvalue weighted by Crippen LogP contribution is -2.70. The van der Waals surface area contributed by atoms with E-state index in [9.17, 15) is 34.5 Å². The molecule has 0 aliphatic carbocycles. The molecule has 3 aromatic heterocycles. The number of aromatic hydroxyl groups is 2. The van der Waals surface area contributed by atoms with Gasteiger partial charge in [-0.15, -0.1) is 40.0 Å². The number of hydroxylamine groups is 1. The van der Waals surface area contributed by atoms with E-state index >= 15 is 0 Å². The number of carbonyl (C=O) groups excluding carboxylic acids is 3. The summed E-state index contributed by atoms with van der Waals surface area (Å²) in [5, 5.41) is 49.7. The van der Waals surface area contributed by atoms with Crippen LogP contribution in [0, 0.1) is 6.92 Å². The number of thioether (sulfide) groups is 2. The Morgan fingerprint density at radius 3 is 2.68 bits per heavy atom. The second-order valence-corrected chi connectivity index (χ2v) is 13.3. The van der Waals surface area contributed by atoms with E-state index in [-0.39, 0.29) is 63.6 Å². The zero-order valence-electron chi connectivity index (χ0n) is 25.3. The van der Waals surface area contributed by atoms with Crippen molar-refractivity contribution in [2.24, 2.45) is 5.16 Å². The zero-order valence-corrected chi connectivity index (χ0v) is 27.8. The molecule has 50 heavy (non-hydrogen) atoms. The van der Waals surface area contributed by atoms with Crippen molar-refractivity contribution in [3.05, 3.63) is 63.9 Å². The smallest absolute Gasteiger partial charge is 0.504 e. The second-order valence-electron chi connectivity index (χ2n) is 10.4. The van der Waals surface area contributed by atoms with Crippen LogP contribution in [0.25, 0.3) is 5.78 Å². The van der Waals surface area contributed by atoms with Gasteiger partial charge in [0.05, 0.1) is 0 Å². The van der Waals surface area contributed by atoms with Crippen LogP contribution in [-0.4, -0.2) is 103 Å². The number of benzene rings is 1. The van der Waals surface area contributed by atoms with E-state index < -0.39 is 35.3 Å². The van der Waals surface area contributed by atoms with Crippen LogP contribution in [0.1, 0.15) is 27.6 Å². The van der Waals surface area contributed by atoms with Gasteiger partial charge in [-0.3, -0.25) is 24.5 Å². The van der Waals surface area contributed by atoms with Crippen molar-refractivity contribution in [2.75, 3.05) is 17.2 Å². The fourth-order valence-corrected chi connectivity index (χ4v) is 7.76. The molecule has 23 heteroatoms. The number of aromatic nitrogens is 5. The Bertz CT molecular complexity index is 2100. The molecule has 0 spiro atoms. The minimum atomic E-state index is -1.65. The number of nitrogens with two attached hydrogens (primary N) is 1. The molecule has 4 aromatic rings. The number of oxime groups is 1. The number of phenols is 2. The van der Waals surface area contributed by atoms with Crippen molar-refractivity contribution in [3.63, 3.8) is 0 Å². The van der Waals surface area contributed by atoms with Crippen LogP contribution >= 0.6 is 34.9 Å². The Balaban J connectivity index is 1.19. The summed E-state index contributed by atoms with van der Waals surface area (Å²) in [5.41, 5.74) is 8.41. The number of nitrogens with one attached hydrogen (secondary N) is 2. The standard InChI is InChI=1S/C27H24N10O10S3/c1-10-4-16(37-26(29-10)32-19(33-37)21(41)34-45)48-7-12-8-49-24-18(22(42)36(24)23(12)47-27(43)44)31-20(40)17(13-9-50-25(28)30-13)35-46-6-11-2-3-14(38)15(39)5-11/h2-5,9,18,24,38-39,45H,6-8H2,1H3,(H2,28,30)(H,31,40)(H,34,41)(H,43,44)/b35-17-/t18-,24-/m1/s1.